The molecule has 0 radical (unpaired) electrons. The van der Waals surface area contributed by atoms with E-state index in [1.54, 1.807) is 0 Å². The molecule has 88 valence electrons. The van der Waals surface area contributed by atoms with E-state index in [0.29, 0.717) is 12.0 Å². The summed E-state index contributed by atoms with van der Waals surface area (Å²) >= 11 is 3.43. The Morgan fingerprint density at radius 1 is 1.40 bits per heavy atom. The largest absolute Gasteiger partial charge is 0.340 e. The van der Waals surface area contributed by atoms with E-state index in [1.165, 1.54) is 0 Å². The zero-order chi connectivity index (χ0) is 11.8. The summed E-state index contributed by atoms with van der Waals surface area (Å²) in [6.45, 7) is 7.74. The molecule has 1 amide bonds. The predicted octanol–water partition coefficient (Wildman–Crippen LogP) is 1.57. The van der Waals surface area contributed by atoms with E-state index in [0.717, 1.165) is 13.1 Å². The van der Waals surface area contributed by atoms with Gasteiger partial charge < -0.3 is 9.80 Å². The lowest BCUT2D eigenvalue weighted by Gasteiger charge is -2.25. The van der Waals surface area contributed by atoms with Gasteiger partial charge in [-0.25, -0.2) is 0 Å². The average Bonchev–Trinajstić information content (AvgIpc) is 2.44. The van der Waals surface area contributed by atoms with Crippen molar-refractivity contribution in [1.82, 2.24) is 9.80 Å². The van der Waals surface area contributed by atoms with E-state index >= 15 is 0 Å². The molecule has 2 unspecified atom stereocenters. The average molecular weight is 277 g/mol. The van der Waals surface area contributed by atoms with Crippen molar-refractivity contribution < 1.29 is 4.79 Å². The molecule has 0 aromatic heterocycles. The van der Waals surface area contributed by atoms with Crippen LogP contribution in [0.25, 0.3) is 0 Å². The van der Waals surface area contributed by atoms with Crippen LogP contribution in [-0.2, 0) is 4.79 Å². The number of carbonyl (C=O) groups is 1. The molecule has 0 aromatic carbocycles. The molecule has 0 saturated carbocycles. The summed E-state index contributed by atoms with van der Waals surface area (Å²) in [6.07, 6.45) is 0. The molecular weight excluding hydrogens is 256 g/mol. The molecule has 0 aromatic rings. The number of alkyl halides is 1. The highest BCUT2D eigenvalue weighted by Crippen LogP contribution is 2.26. The highest BCUT2D eigenvalue weighted by Gasteiger charge is 2.38. The first-order valence-electron chi connectivity index (χ1n) is 5.38. The van der Waals surface area contributed by atoms with Crippen LogP contribution >= 0.6 is 15.9 Å². The summed E-state index contributed by atoms with van der Waals surface area (Å²) in [5.74, 6) is 0.748. The van der Waals surface area contributed by atoms with Crippen molar-refractivity contribution in [3.63, 3.8) is 0 Å². The topological polar surface area (TPSA) is 23.6 Å². The fourth-order valence-corrected chi connectivity index (χ4v) is 2.41. The lowest BCUT2D eigenvalue weighted by Crippen LogP contribution is -2.42. The van der Waals surface area contributed by atoms with Crippen LogP contribution < -0.4 is 0 Å². The van der Waals surface area contributed by atoms with Crippen LogP contribution in [0.2, 0.25) is 0 Å². The van der Waals surface area contributed by atoms with E-state index in [4.69, 9.17) is 0 Å². The zero-order valence-electron chi connectivity index (χ0n) is 10.2. The highest BCUT2D eigenvalue weighted by molar-refractivity contribution is 9.10. The van der Waals surface area contributed by atoms with Gasteiger partial charge in [0.1, 0.15) is 0 Å². The van der Waals surface area contributed by atoms with E-state index < -0.39 is 4.32 Å². The maximum Gasteiger partial charge on any atom is 0.238 e. The standard InChI is InChI=1S/C11H21BrN2O/c1-8-6-14(7-9(8)13(4)5)10(15)11(2,3)12/h8-9H,6-7H2,1-5H3. The van der Waals surface area contributed by atoms with Crippen LogP contribution in [0.1, 0.15) is 20.8 Å². The monoisotopic (exact) mass is 276 g/mol. The Kier molecular flexibility index (Phi) is 3.82. The molecule has 1 rings (SSSR count). The van der Waals surface area contributed by atoms with Gasteiger partial charge in [0, 0.05) is 19.1 Å². The Balaban J connectivity index is 2.67. The number of nitrogens with zero attached hydrogens (tertiary/aromatic N) is 2. The van der Waals surface area contributed by atoms with Gasteiger partial charge in [-0.05, 0) is 33.9 Å². The van der Waals surface area contributed by atoms with Gasteiger partial charge in [0.05, 0.1) is 4.32 Å². The number of likely N-dealkylation sites (N-methyl/N-ethyl adjacent to an activating group) is 1. The van der Waals surface area contributed by atoms with Gasteiger partial charge in [0.2, 0.25) is 5.91 Å². The van der Waals surface area contributed by atoms with Gasteiger partial charge in [0.15, 0.2) is 0 Å². The minimum Gasteiger partial charge on any atom is -0.340 e. The molecule has 2 atom stereocenters. The summed E-state index contributed by atoms with van der Waals surface area (Å²) < 4.78 is -0.437. The molecule has 1 saturated heterocycles. The van der Waals surface area contributed by atoms with Crippen molar-refractivity contribution >= 4 is 21.8 Å². The second kappa shape index (κ2) is 4.42. The molecule has 1 fully saturated rings. The summed E-state index contributed by atoms with van der Waals surface area (Å²) in [7, 11) is 4.16. The Hall–Kier alpha value is -0.0900. The Morgan fingerprint density at radius 2 is 1.93 bits per heavy atom. The number of likely N-dealkylation sites (tertiary alicyclic amines) is 1. The van der Waals surface area contributed by atoms with Gasteiger partial charge in [-0.2, -0.15) is 0 Å². The second-order valence-corrected chi connectivity index (χ2v) is 7.17. The third kappa shape index (κ3) is 2.94. The van der Waals surface area contributed by atoms with Gasteiger partial charge in [-0.15, -0.1) is 0 Å². The normalized spacial score (nSPS) is 27.5. The molecular formula is C11H21BrN2O. The first kappa shape index (κ1) is 13.0. The number of rotatable bonds is 2. The first-order chi connectivity index (χ1) is 6.73. The van der Waals surface area contributed by atoms with E-state index in [2.05, 4.69) is 41.8 Å². The SMILES string of the molecule is CC1CN(C(=O)C(C)(C)Br)CC1N(C)C. The van der Waals surface area contributed by atoms with Crippen LogP contribution in [0.4, 0.5) is 0 Å². The Labute approximate surface area is 101 Å². The highest BCUT2D eigenvalue weighted by atomic mass is 79.9. The Bertz CT molecular complexity index is 247. The van der Waals surface area contributed by atoms with Crippen LogP contribution in [0, 0.1) is 5.92 Å². The molecule has 3 nitrogen and oxygen atoms in total. The first-order valence-corrected chi connectivity index (χ1v) is 6.17. The predicted molar refractivity (Wildman–Crippen MR) is 66.2 cm³/mol. The molecule has 0 N–H and O–H groups in total. The smallest absolute Gasteiger partial charge is 0.238 e. The van der Waals surface area contributed by atoms with Crippen molar-refractivity contribution in [2.75, 3.05) is 27.2 Å². The summed E-state index contributed by atoms with van der Waals surface area (Å²) in [4.78, 5) is 16.2. The van der Waals surface area contributed by atoms with E-state index in [1.807, 2.05) is 18.7 Å². The third-order valence-electron chi connectivity index (χ3n) is 3.03. The molecule has 15 heavy (non-hydrogen) atoms. The van der Waals surface area contributed by atoms with Crippen molar-refractivity contribution in [3.05, 3.63) is 0 Å². The van der Waals surface area contributed by atoms with Crippen LogP contribution in [-0.4, -0.2) is 53.3 Å². The summed E-state index contributed by atoms with van der Waals surface area (Å²) in [6, 6.07) is 0.490. The molecule has 0 spiro atoms. The van der Waals surface area contributed by atoms with Crippen molar-refractivity contribution in [3.8, 4) is 0 Å². The van der Waals surface area contributed by atoms with Gasteiger partial charge in [-0.1, -0.05) is 22.9 Å². The van der Waals surface area contributed by atoms with E-state index in [-0.39, 0.29) is 5.91 Å². The molecule has 4 heteroatoms. The molecule has 1 aliphatic rings. The Morgan fingerprint density at radius 3 is 2.27 bits per heavy atom. The van der Waals surface area contributed by atoms with Crippen LogP contribution in [0.5, 0.6) is 0 Å². The maximum absolute atomic E-state index is 12.0. The third-order valence-corrected chi connectivity index (χ3v) is 3.37. The minimum atomic E-state index is -0.437. The second-order valence-electron chi connectivity index (χ2n) is 5.19. The fraction of sp³-hybridized carbons (Fsp3) is 0.909. The number of carbonyl (C=O) groups excluding carboxylic acids is 1. The summed E-state index contributed by atoms with van der Waals surface area (Å²) in [5, 5.41) is 0. The molecule has 0 bridgehead atoms. The quantitative estimate of drug-likeness (QED) is 0.715. The summed E-state index contributed by atoms with van der Waals surface area (Å²) in [5.41, 5.74) is 0. The van der Waals surface area contributed by atoms with Crippen molar-refractivity contribution in [1.29, 1.82) is 0 Å². The maximum atomic E-state index is 12.0. The van der Waals surface area contributed by atoms with Crippen LogP contribution in [0.15, 0.2) is 0 Å². The number of hydrogen-bond donors (Lipinski definition) is 0. The minimum absolute atomic E-state index is 0.193. The number of hydrogen-bond acceptors (Lipinski definition) is 2. The van der Waals surface area contributed by atoms with Gasteiger partial charge in [-0.3, -0.25) is 4.79 Å². The van der Waals surface area contributed by atoms with Gasteiger partial charge in [0.25, 0.3) is 0 Å². The molecule has 1 aliphatic heterocycles. The lowest BCUT2D eigenvalue weighted by atomic mass is 10.1. The fourth-order valence-electron chi connectivity index (χ4n) is 2.16. The lowest BCUT2D eigenvalue weighted by molar-refractivity contribution is -0.131. The zero-order valence-corrected chi connectivity index (χ0v) is 11.8. The van der Waals surface area contributed by atoms with Crippen molar-refractivity contribution in [2.45, 2.75) is 31.1 Å². The molecule has 1 heterocycles. The number of halogens is 1. The van der Waals surface area contributed by atoms with Gasteiger partial charge >= 0.3 is 0 Å². The van der Waals surface area contributed by atoms with Crippen molar-refractivity contribution in [2.24, 2.45) is 5.92 Å². The number of amides is 1. The van der Waals surface area contributed by atoms with Crippen LogP contribution in [0.3, 0.4) is 0 Å². The van der Waals surface area contributed by atoms with E-state index in [9.17, 15) is 4.79 Å². The molecule has 0 aliphatic carbocycles.